The second-order valence-electron chi connectivity index (χ2n) is 3.87. The second kappa shape index (κ2) is 5.14. The van der Waals surface area contributed by atoms with Crippen LogP contribution in [0.1, 0.15) is 33.1 Å². The third-order valence-corrected chi connectivity index (χ3v) is 2.93. The van der Waals surface area contributed by atoms with E-state index in [4.69, 9.17) is 0 Å². The topological polar surface area (TPSA) is 40.0 Å². The highest BCUT2D eigenvalue weighted by Gasteiger charge is 2.33. The summed E-state index contributed by atoms with van der Waals surface area (Å²) in [6.07, 6.45) is 7.31. The highest BCUT2D eigenvalue weighted by molar-refractivity contribution is 5.86. The third-order valence-electron chi connectivity index (χ3n) is 2.93. The van der Waals surface area contributed by atoms with Crippen molar-refractivity contribution in [3.63, 3.8) is 0 Å². The molecule has 1 N–H and O–H groups in total. The lowest BCUT2D eigenvalue weighted by Gasteiger charge is -2.22. The van der Waals surface area contributed by atoms with Gasteiger partial charge in [-0.2, -0.15) is 0 Å². The van der Waals surface area contributed by atoms with Crippen LogP contribution in [0.15, 0.2) is 21.9 Å². The van der Waals surface area contributed by atoms with Gasteiger partial charge in [0.25, 0.3) is 0 Å². The molecular weight excluding hydrogens is 200 g/mol. The van der Waals surface area contributed by atoms with Gasteiger partial charge in [-0.25, -0.2) is 0 Å². The van der Waals surface area contributed by atoms with Gasteiger partial charge in [0, 0.05) is 25.5 Å². The molecule has 0 aromatic heterocycles. The molecule has 1 atom stereocenters. The van der Waals surface area contributed by atoms with Crippen molar-refractivity contribution in [1.82, 2.24) is 10.2 Å². The smallest absolute Gasteiger partial charge is 0.198 e. The minimum atomic E-state index is 0.439. The SMILES string of the molecule is C1=NC=C2C(CC1)NC1=NCCCN21.CC. The Balaban J connectivity index is 0.000000457. The summed E-state index contributed by atoms with van der Waals surface area (Å²) in [6, 6.07) is 0.439. The summed E-state index contributed by atoms with van der Waals surface area (Å²) in [5.41, 5.74) is 1.30. The highest BCUT2D eigenvalue weighted by atomic mass is 15.4. The lowest BCUT2D eigenvalue weighted by molar-refractivity contribution is 0.476. The molecule has 4 nitrogen and oxygen atoms in total. The highest BCUT2D eigenvalue weighted by Crippen LogP contribution is 2.24. The van der Waals surface area contributed by atoms with Crippen LogP contribution in [0.2, 0.25) is 0 Å². The lowest BCUT2D eigenvalue weighted by atomic mass is 10.1. The zero-order chi connectivity index (χ0) is 11.4. The number of nitrogens with zero attached hydrogens (tertiary/aromatic N) is 3. The fourth-order valence-corrected chi connectivity index (χ4v) is 2.22. The van der Waals surface area contributed by atoms with Gasteiger partial charge in [-0.05, 0) is 19.3 Å². The van der Waals surface area contributed by atoms with Crippen molar-refractivity contribution in [2.75, 3.05) is 13.1 Å². The predicted octanol–water partition coefficient (Wildman–Crippen LogP) is 1.75. The van der Waals surface area contributed by atoms with E-state index in [9.17, 15) is 0 Å². The van der Waals surface area contributed by atoms with Gasteiger partial charge in [-0.3, -0.25) is 9.98 Å². The Hall–Kier alpha value is -1.32. The van der Waals surface area contributed by atoms with Gasteiger partial charge in [0.1, 0.15) is 0 Å². The first-order chi connectivity index (χ1) is 7.95. The molecule has 0 radical (unpaired) electrons. The molecular formula is C12H20N4. The maximum absolute atomic E-state index is 4.48. The molecule has 3 aliphatic heterocycles. The van der Waals surface area contributed by atoms with Crippen LogP contribution in [0.25, 0.3) is 0 Å². The molecule has 3 heterocycles. The number of fused-ring (bicyclic) bond motifs is 3. The number of aliphatic imine (C=N–C) groups is 2. The summed E-state index contributed by atoms with van der Waals surface area (Å²) in [6.45, 7) is 6.05. The summed E-state index contributed by atoms with van der Waals surface area (Å²) < 4.78 is 0. The van der Waals surface area contributed by atoms with E-state index in [-0.39, 0.29) is 0 Å². The van der Waals surface area contributed by atoms with Crippen molar-refractivity contribution in [3.8, 4) is 0 Å². The van der Waals surface area contributed by atoms with E-state index in [0.29, 0.717) is 6.04 Å². The Bertz CT molecular complexity index is 330. The summed E-state index contributed by atoms with van der Waals surface area (Å²) in [4.78, 5) is 11.0. The number of guanidine groups is 1. The molecule has 1 fully saturated rings. The van der Waals surface area contributed by atoms with Gasteiger partial charge in [0.15, 0.2) is 5.96 Å². The zero-order valence-corrected chi connectivity index (χ0v) is 10.1. The van der Waals surface area contributed by atoms with E-state index >= 15 is 0 Å². The Morgan fingerprint density at radius 2 is 2.31 bits per heavy atom. The van der Waals surface area contributed by atoms with Crippen molar-refractivity contribution in [2.24, 2.45) is 9.98 Å². The molecule has 3 rings (SSSR count). The van der Waals surface area contributed by atoms with Crippen molar-refractivity contribution < 1.29 is 0 Å². The van der Waals surface area contributed by atoms with Gasteiger partial charge in [-0.1, -0.05) is 13.8 Å². The molecule has 88 valence electrons. The van der Waals surface area contributed by atoms with Gasteiger partial charge in [0.2, 0.25) is 0 Å². The number of hydrogen-bond acceptors (Lipinski definition) is 4. The quantitative estimate of drug-likeness (QED) is 0.675. The average molecular weight is 220 g/mol. The Morgan fingerprint density at radius 1 is 1.44 bits per heavy atom. The number of nitrogens with one attached hydrogen (secondary N) is 1. The molecule has 3 aliphatic rings. The first-order valence-corrected chi connectivity index (χ1v) is 6.25. The Morgan fingerprint density at radius 3 is 3.19 bits per heavy atom. The maximum Gasteiger partial charge on any atom is 0.198 e. The van der Waals surface area contributed by atoms with Crippen LogP contribution in [-0.4, -0.2) is 36.2 Å². The number of hydrogen-bond donors (Lipinski definition) is 1. The van der Waals surface area contributed by atoms with E-state index in [2.05, 4.69) is 20.2 Å². The normalized spacial score (nSPS) is 26.4. The lowest BCUT2D eigenvalue weighted by Crippen LogP contribution is -2.34. The summed E-state index contributed by atoms with van der Waals surface area (Å²) in [5, 5.41) is 3.46. The second-order valence-corrected chi connectivity index (χ2v) is 3.87. The van der Waals surface area contributed by atoms with Crippen LogP contribution >= 0.6 is 0 Å². The molecule has 16 heavy (non-hydrogen) atoms. The third kappa shape index (κ3) is 1.96. The zero-order valence-electron chi connectivity index (χ0n) is 10.1. The molecule has 0 aliphatic carbocycles. The Kier molecular flexibility index (Phi) is 3.59. The molecule has 4 heteroatoms. The van der Waals surface area contributed by atoms with Crippen LogP contribution in [-0.2, 0) is 0 Å². The van der Waals surface area contributed by atoms with E-state index in [1.165, 1.54) is 5.70 Å². The standard InChI is InChI=1S/C10H14N4.C2H6/c1-3-8-9(7-11-4-1)14-6-2-5-12-10(14)13-8;1-2/h4,7-8H,1-3,5-6H2,(H,12,13);1-2H3. The van der Waals surface area contributed by atoms with Crippen LogP contribution in [0.5, 0.6) is 0 Å². The van der Waals surface area contributed by atoms with E-state index < -0.39 is 0 Å². The fraction of sp³-hybridized carbons (Fsp3) is 0.667. The summed E-state index contributed by atoms with van der Waals surface area (Å²) >= 11 is 0. The Labute approximate surface area is 97.2 Å². The molecule has 0 amide bonds. The average Bonchev–Trinajstić information content (AvgIpc) is 2.54. The molecule has 0 aromatic carbocycles. The monoisotopic (exact) mass is 220 g/mol. The van der Waals surface area contributed by atoms with Crippen LogP contribution in [0, 0.1) is 0 Å². The van der Waals surface area contributed by atoms with Crippen LogP contribution < -0.4 is 5.32 Å². The minimum absolute atomic E-state index is 0.439. The van der Waals surface area contributed by atoms with Crippen molar-refractivity contribution in [2.45, 2.75) is 39.2 Å². The predicted molar refractivity (Wildman–Crippen MR) is 67.7 cm³/mol. The molecule has 1 unspecified atom stereocenters. The van der Waals surface area contributed by atoms with Crippen molar-refractivity contribution in [1.29, 1.82) is 0 Å². The molecule has 0 saturated carbocycles. The van der Waals surface area contributed by atoms with Gasteiger partial charge < -0.3 is 10.2 Å². The van der Waals surface area contributed by atoms with Gasteiger partial charge in [0.05, 0.1) is 11.7 Å². The van der Waals surface area contributed by atoms with Gasteiger partial charge in [-0.15, -0.1) is 0 Å². The number of rotatable bonds is 0. The fourth-order valence-electron chi connectivity index (χ4n) is 2.22. The van der Waals surface area contributed by atoms with Gasteiger partial charge >= 0.3 is 0 Å². The van der Waals surface area contributed by atoms with E-state index in [1.807, 2.05) is 26.3 Å². The largest absolute Gasteiger partial charge is 0.348 e. The summed E-state index contributed by atoms with van der Waals surface area (Å²) in [5.74, 6) is 1.06. The minimum Gasteiger partial charge on any atom is -0.348 e. The van der Waals surface area contributed by atoms with Crippen LogP contribution in [0.4, 0.5) is 0 Å². The first-order valence-electron chi connectivity index (χ1n) is 6.25. The van der Waals surface area contributed by atoms with Crippen molar-refractivity contribution in [3.05, 3.63) is 11.9 Å². The van der Waals surface area contributed by atoms with E-state index in [0.717, 1.165) is 38.3 Å². The first kappa shape index (κ1) is 11.2. The molecule has 0 aromatic rings. The molecule has 0 bridgehead atoms. The van der Waals surface area contributed by atoms with E-state index in [1.54, 1.807) is 0 Å². The molecule has 1 saturated heterocycles. The summed E-state index contributed by atoms with van der Waals surface area (Å²) in [7, 11) is 0. The van der Waals surface area contributed by atoms with Crippen molar-refractivity contribution >= 4 is 12.2 Å². The molecule has 0 spiro atoms. The maximum atomic E-state index is 4.48. The van der Waals surface area contributed by atoms with Crippen LogP contribution in [0.3, 0.4) is 0 Å².